The lowest BCUT2D eigenvalue weighted by Crippen LogP contribution is -2.53. The summed E-state index contributed by atoms with van der Waals surface area (Å²) in [6.45, 7) is 0.398. The number of para-hydroxylation sites is 1. The highest BCUT2D eigenvalue weighted by Gasteiger charge is 2.70. The fourth-order valence-electron chi connectivity index (χ4n) is 5.28. The van der Waals surface area contributed by atoms with E-state index in [1.165, 1.54) is 12.0 Å². The number of hydrogen-bond acceptors (Lipinski definition) is 6. The maximum Gasteiger partial charge on any atom is 0.250 e. The molecule has 8 nitrogen and oxygen atoms in total. The summed E-state index contributed by atoms with van der Waals surface area (Å²) in [5.74, 6) is -2.29. The number of anilines is 1. The Morgan fingerprint density at radius 1 is 1.06 bits per heavy atom. The van der Waals surface area contributed by atoms with Crippen LogP contribution in [-0.2, 0) is 31.1 Å². The van der Waals surface area contributed by atoms with E-state index in [2.05, 4.69) is 10.6 Å². The van der Waals surface area contributed by atoms with E-state index in [-0.39, 0.29) is 36.6 Å². The van der Waals surface area contributed by atoms with Gasteiger partial charge in [0.25, 0.3) is 0 Å². The van der Waals surface area contributed by atoms with Crippen molar-refractivity contribution in [1.29, 1.82) is 0 Å². The van der Waals surface area contributed by atoms with Gasteiger partial charge in [-0.05, 0) is 30.2 Å². The average Bonchev–Trinajstić information content (AvgIpc) is 3.33. The van der Waals surface area contributed by atoms with Gasteiger partial charge in [-0.3, -0.25) is 24.6 Å². The Kier molecular flexibility index (Phi) is 4.56. The molecule has 0 saturated carbocycles. The Morgan fingerprint density at radius 3 is 2.55 bits per heavy atom. The molecule has 3 amide bonds. The van der Waals surface area contributed by atoms with Crippen LogP contribution in [0.4, 0.5) is 5.69 Å². The molecule has 0 bridgehead atoms. The molecule has 5 rings (SSSR count). The standard InChI is InChI=1S/C23H23N3O5/c1-31-11-10-26-20(28)18-17(12-13-6-8-14(27)9-7-13)25-23(19(18)21(26)29)15-4-2-3-5-16(15)24-22(23)30/h2-9,17-19,25,27H,10-12H2,1H3,(H,24,30). The monoisotopic (exact) mass is 421 g/mol. The molecule has 2 aromatic carbocycles. The summed E-state index contributed by atoms with van der Waals surface area (Å²) in [5.41, 5.74) is 0.947. The molecule has 3 N–H and O–H groups in total. The van der Waals surface area contributed by atoms with Crippen molar-refractivity contribution >= 4 is 23.4 Å². The fraction of sp³-hybridized carbons (Fsp3) is 0.348. The minimum Gasteiger partial charge on any atom is -0.508 e. The number of carbonyl (C=O) groups is 3. The molecule has 1 spiro atoms. The number of fused-ring (bicyclic) bond motifs is 4. The number of amides is 3. The lowest BCUT2D eigenvalue weighted by atomic mass is 9.76. The number of benzene rings is 2. The van der Waals surface area contributed by atoms with Crippen molar-refractivity contribution in [3.63, 3.8) is 0 Å². The summed E-state index contributed by atoms with van der Waals surface area (Å²) >= 11 is 0. The van der Waals surface area contributed by atoms with E-state index in [9.17, 15) is 19.5 Å². The molecular weight excluding hydrogens is 398 g/mol. The summed E-state index contributed by atoms with van der Waals surface area (Å²) in [6.07, 6.45) is 0.440. The number of aromatic hydroxyl groups is 1. The molecule has 2 fully saturated rings. The van der Waals surface area contributed by atoms with Crippen LogP contribution in [0.25, 0.3) is 0 Å². The fourth-order valence-corrected chi connectivity index (χ4v) is 5.28. The second-order valence-electron chi connectivity index (χ2n) is 8.25. The van der Waals surface area contributed by atoms with Crippen LogP contribution in [0, 0.1) is 11.8 Å². The number of nitrogens with one attached hydrogen (secondary N) is 2. The van der Waals surface area contributed by atoms with Gasteiger partial charge in [-0.1, -0.05) is 30.3 Å². The van der Waals surface area contributed by atoms with Gasteiger partial charge in [0.05, 0.1) is 25.0 Å². The average molecular weight is 421 g/mol. The summed E-state index contributed by atoms with van der Waals surface area (Å²) in [7, 11) is 1.52. The van der Waals surface area contributed by atoms with Gasteiger partial charge >= 0.3 is 0 Å². The van der Waals surface area contributed by atoms with Crippen molar-refractivity contribution in [3.05, 3.63) is 59.7 Å². The summed E-state index contributed by atoms with van der Waals surface area (Å²) in [6, 6.07) is 13.6. The van der Waals surface area contributed by atoms with Crippen molar-refractivity contribution in [1.82, 2.24) is 10.2 Å². The second kappa shape index (κ2) is 7.18. The highest BCUT2D eigenvalue weighted by atomic mass is 16.5. The number of methoxy groups -OCH3 is 1. The first-order chi connectivity index (χ1) is 15.0. The van der Waals surface area contributed by atoms with Gasteiger partial charge in [0.15, 0.2) is 0 Å². The molecule has 31 heavy (non-hydrogen) atoms. The highest BCUT2D eigenvalue weighted by Crippen LogP contribution is 2.53. The minimum absolute atomic E-state index is 0.152. The molecule has 160 valence electrons. The maximum absolute atomic E-state index is 13.5. The lowest BCUT2D eigenvalue weighted by Gasteiger charge is -2.29. The normalized spacial score (nSPS) is 28.9. The second-order valence-corrected chi connectivity index (χ2v) is 8.25. The summed E-state index contributed by atoms with van der Waals surface area (Å²) in [4.78, 5) is 41.3. The number of likely N-dealkylation sites (tertiary alicyclic amines) is 1. The molecule has 3 heterocycles. The maximum atomic E-state index is 13.5. The lowest BCUT2D eigenvalue weighted by molar-refractivity contribution is -0.143. The van der Waals surface area contributed by atoms with Gasteiger partial charge in [-0.15, -0.1) is 0 Å². The number of phenolic OH excluding ortho intramolecular Hbond substituents is 1. The van der Waals surface area contributed by atoms with Crippen molar-refractivity contribution in [3.8, 4) is 5.75 Å². The van der Waals surface area contributed by atoms with Gasteiger partial charge < -0.3 is 15.2 Å². The van der Waals surface area contributed by atoms with Crippen LogP contribution in [0.3, 0.4) is 0 Å². The van der Waals surface area contributed by atoms with Crippen LogP contribution < -0.4 is 10.6 Å². The van der Waals surface area contributed by atoms with Gasteiger partial charge in [0, 0.05) is 24.4 Å². The first-order valence-corrected chi connectivity index (χ1v) is 10.3. The first-order valence-electron chi connectivity index (χ1n) is 10.3. The number of imide groups is 1. The molecule has 0 aliphatic carbocycles. The van der Waals surface area contributed by atoms with Crippen LogP contribution in [0.2, 0.25) is 0 Å². The molecule has 4 unspecified atom stereocenters. The van der Waals surface area contributed by atoms with Crippen LogP contribution in [0.5, 0.6) is 5.75 Å². The number of hydrogen-bond donors (Lipinski definition) is 3. The number of phenols is 1. The van der Waals surface area contributed by atoms with Crippen molar-refractivity contribution in [2.75, 3.05) is 25.6 Å². The molecule has 2 aromatic rings. The third-order valence-corrected chi connectivity index (χ3v) is 6.62. The van der Waals surface area contributed by atoms with Crippen molar-refractivity contribution in [2.45, 2.75) is 18.0 Å². The zero-order valence-corrected chi connectivity index (χ0v) is 17.0. The van der Waals surface area contributed by atoms with E-state index in [4.69, 9.17) is 4.74 Å². The Bertz CT molecular complexity index is 1070. The number of ether oxygens (including phenoxy) is 1. The number of rotatable bonds is 5. The van der Waals surface area contributed by atoms with E-state index in [1.807, 2.05) is 18.2 Å². The Morgan fingerprint density at radius 2 is 1.81 bits per heavy atom. The minimum atomic E-state index is -1.29. The zero-order chi connectivity index (χ0) is 21.8. The zero-order valence-electron chi connectivity index (χ0n) is 17.0. The summed E-state index contributed by atoms with van der Waals surface area (Å²) < 4.78 is 5.09. The van der Waals surface area contributed by atoms with Gasteiger partial charge in [0.1, 0.15) is 11.3 Å². The van der Waals surface area contributed by atoms with Gasteiger partial charge in [-0.25, -0.2) is 0 Å². The molecule has 3 aliphatic rings. The molecule has 2 saturated heterocycles. The van der Waals surface area contributed by atoms with Crippen LogP contribution in [0.1, 0.15) is 11.1 Å². The van der Waals surface area contributed by atoms with E-state index in [0.717, 1.165) is 5.56 Å². The van der Waals surface area contributed by atoms with Crippen LogP contribution >= 0.6 is 0 Å². The Balaban J connectivity index is 1.59. The molecule has 8 heteroatoms. The van der Waals surface area contributed by atoms with E-state index >= 15 is 0 Å². The van der Waals surface area contributed by atoms with Crippen molar-refractivity contribution < 1.29 is 24.2 Å². The van der Waals surface area contributed by atoms with E-state index in [1.54, 1.807) is 30.3 Å². The Hall–Kier alpha value is -3.23. The SMILES string of the molecule is COCCN1C(=O)C2C(Cc3ccc(O)cc3)NC3(C(=O)Nc4ccccc43)C2C1=O. The molecule has 0 radical (unpaired) electrons. The Labute approximate surface area is 179 Å². The van der Waals surface area contributed by atoms with Crippen molar-refractivity contribution in [2.24, 2.45) is 11.8 Å². The quantitative estimate of drug-likeness (QED) is 0.622. The molecular formula is C23H23N3O5. The number of carbonyl (C=O) groups excluding carboxylic acids is 3. The predicted molar refractivity (Wildman–Crippen MR) is 111 cm³/mol. The molecule has 3 aliphatic heterocycles. The topological polar surface area (TPSA) is 108 Å². The van der Waals surface area contributed by atoms with E-state index in [0.29, 0.717) is 17.7 Å². The largest absolute Gasteiger partial charge is 0.508 e. The number of nitrogens with zero attached hydrogens (tertiary/aromatic N) is 1. The summed E-state index contributed by atoms with van der Waals surface area (Å²) in [5, 5.41) is 15.9. The van der Waals surface area contributed by atoms with Gasteiger partial charge in [0.2, 0.25) is 17.7 Å². The molecule has 0 aromatic heterocycles. The third-order valence-electron chi connectivity index (χ3n) is 6.62. The smallest absolute Gasteiger partial charge is 0.250 e. The van der Waals surface area contributed by atoms with Crippen LogP contribution in [0.15, 0.2) is 48.5 Å². The predicted octanol–water partition coefficient (Wildman–Crippen LogP) is 1.00. The first kappa shape index (κ1) is 19.7. The van der Waals surface area contributed by atoms with E-state index < -0.39 is 23.4 Å². The highest BCUT2D eigenvalue weighted by molar-refractivity contribution is 6.15. The third kappa shape index (κ3) is 2.79. The van der Waals surface area contributed by atoms with Crippen LogP contribution in [-0.4, -0.2) is 54.0 Å². The molecule has 4 atom stereocenters. The van der Waals surface area contributed by atoms with Gasteiger partial charge in [-0.2, -0.15) is 0 Å².